The molecule has 2 aromatic rings. The highest BCUT2D eigenvalue weighted by atomic mass is 19.1. The Morgan fingerprint density at radius 1 is 1.19 bits per heavy atom. The van der Waals surface area contributed by atoms with Crippen LogP contribution in [0.4, 0.5) is 24.5 Å². The largest absolute Gasteiger partial charge is 0.376 e. The SMILES string of the molecule is CC(Nc1cc([N+](=O)[O-])c(F)cc1F)c1cncc(F)c1. The van der Waals surface area contributed by atoms with E-state index in [0.717, 1.165) is 12.3 Å². The molecule has 0 aliphatic rings. The predicted molar refractivity (Wildman–Crippen MR) is 69.2 cm³/mol. The summed E-state index contributed by atoms with van der Waals surface area (Å²) in [4.78, 5) is 13.3. The quantitative estimate of drug-likeness (QED) is 0.692. The number of hydrogen-bond donors (Lipinski definition) is 1. The smallest absolute Gasteiger partial charge is 0.307 e. The highest BCUT2D eigenvalue weighted by molar-refractivity contribution is 5.54. The van der Waals surface area contributed by atoms with Crippen molar-refractivity contribution in [1.82, 2.24) is 4.98 Å². The number of hydrogen-bond acceptors (Lipinski definition) is 4. The summed E-state index contributed by atoms with van der Waals surface area (Å²) in [6.45, 7) is 1.59. The normalized spacial score (nSPS) is 12.0. The van der Waals surface area contributed by atoms with Gasteiger partial charge in [-0.25, -0.2) is 8.78 Å². The predicted octanol–water partition coefficient (Wildman–Crippen LogP) is 3.58. The van der Waals surface area contributed by atoms with Crippen molar-refractivity contribution in [1.29, 1.82) is 0 Å². The van der Waals surface area contributed by atoms with Crippen molar-refractivity contribution in [2.75, 3.05) is 5.32 Å². The van der Waals surface area contributed by atoms with E-state index < -0.39 is 34.1 Å². The van der Waals surface area contributed by atoms with E-state index >= 15 is 0 Å². The van der Waals surface area contributed by atoms with Crippen LogP contribution in [-0.4, -0.2) is 9.91 Å². The van der Waals surface area contributed by atoms with E-state index in [1.165, 1.54) is 12.3 Å². The molecule has 0 radical (unpaired) electrons. The van der Waals surface area contributed by atoms with Crippen molar-refractivity contribution in [3.63, 3.8) is 0 Å². The van der Waals surface area contributed by atoms with Crippen LogP contribution in [0.3, 0.4) is 0 Å². The summed E-state index contributed by atoms with van der Waals surface area (Å²) < 4.78 is 39.9. The molecule has 110 valence electrons. The highest BCUT2D eigenvalue weighted by Crippen LogP contribution is 2.28. The maximum atomic E-state index is 13.6. The lowest BCUT2D eigenvalue weighted by molar-refractivity contribution is -0.387. The molecule has 1 heterocycles. The number of benzene rings is 1. The molecule has 0 aliphatic carbocycles. The number of nitro groups is 1. The van der Waals surface area contributed by atoms with Crippen LogP contribution in [-0.2, 0) is 0 Å². The molecular weight excluding hydrogens is 287 g/mol. The standard InChI is InChI=1S/C13H10F3N3O2/c1-7(8-2-9(14)6-17-5-8)18-12-4-13(19(20)21)11(16)3-10(12)15/h2-7,18H,1H3. The Bertz CT molecular complexity index is 694. The minimum absolute atomic E-state index is 0.250. The summed E-state index contributed by atoms with van der Waals surface area (Å²) >= 11 is 0. The zero-order valence-electron chi connectivity index (χ0n) is 10.8. The molecule has 0 saturated heterocycles. The summed E-state index contributed by atoms with van der Waals surface area (Å²) in [6.07, 6.45) is 2.39. The molecule has 1 aromatic heterocycles. The maximum Gasteiger partial charge on any atom is 0.307 e. The number of pyridine rings is 1. The third kappa shape index (κ3) is 3.28. The van der Waals surface area contributed by atoms with Crippen molar-refractivity contribution < 1.29 is 18.1 Å². The van der Waals surface area contributed by atoms with Crippen molar-refractivity contribution in [2.45, 2.75) is 13.0 Å². The van der Waals surface area contributed by atoms with E-state index in [1.54, 1.807) is 6.92 Å². The lowest BCUT2D eigenvalue weighted by atomic mass is 10.1. The Morgan fingerprint density at radius 2 is 1.90 bits per heavy atom. The van der Waals surface area contributed by atoms with Crippen LogP contribution < -0.4 is 5.32 Å². The molecule has 0 saturated carbocycles. The Kier molecular flexibility index (Phi) is 4.06. The first-order valence-corrected chi connectivity index (χ1v) is 5.89. The zero-order valence-corrected chi connectivity index (χ0v) is 10.8. The Morgan fingerprint density at radius 3 is 2.52 bits per heavy atom. The third-order valence-corrected chi connectivity index (χ3v) is 2.83. The third-order valence-electron chi connectivity index (χ3n) is 2.83. The van der Waals surface area contributed by atoms with Crippen molar-refractivity contribution >= 4 is 11.4 Å². The van der Waals surface area contributed by atoms with Crippen LogP contribution in [0.2, 0.25) is 0 Å². The second-order valence-electron chi connectivity index (χ2n) is 4.34. The van der Waals surface area contributed by atoms with Gasteiger partial charge in [0.1, 0.15) is 11.6 Å². The Labute approximate surface area is 117 Å². The van der Waals surface area contributed by atoms with Crippen LogP contribution in [0.15, 0.2) is 30.6 Å². The topological polar surface area (TPSA) is 68.1 Å². The minimum Gasteiger partial charge on any atom is -0.376 e. The zero-order chi connectivity index (χ0) is 15.6. The molecule has 0 spiro atoms. The number of rotatable bonds is 4. The number of nitrogens with one attached hydrogen (secondary N) is 1. The molecule has 0 amide bonds. The molecule has 1 unspecified atom stereocenters. The fourth-order valence-corrected chi connectivity index (χ4v) is 1.77. The lowest BCUT2D eigenvalue weighted by Crippen LogP contribution is -2.09. The van der Waals surface area contributed by atoms with E-state index in [2.05, 4.69) is 10.3 Å². The molecule has 2 rings (SSSR count). The number of aromatic nitrogens is 1. The molecule has 8 heteroatoms. The minimum atomic E-state index is -1.26. The second-order valence-corrected chi connectivity index (χ2v) is 4.34. The lowest BCUT2D eigenvalue weighted by Gasteiger charge is -2.16. The average Bonchev–Trinajstić information content (AvgIpc) is 2.41. The monoisotopic (exact) mass is 297 g/mol. The first-order chi connectivity index (χ1) is 9.88. The van der Waals surface area contributed by atoms with Crippen LogP contribution in [0, 0.1) is 27.6 Å². The van der Waals surface area contributed by atoms with Crippen LogP contribution in [0.1, 0.15) is 18.5 Å². The van der Waals surface area contributed by atoms with Gasteiger partial charge in [-0.3, -0.25) is 15.1 Å². The molecule has 0 fully saturated rings. The van der Waals surface area contributed by atoms with E-state index in [9.17, 15) is 23.3 Å². The van der Waals surface area contributed by atoms with Gasteiger partial charge in [0.15, 0.2) is 0 Å². The summed E-state index contributed by atoms with van der Waals surface area (Å²) in [7, 11) is 0. The Hall–Kier alpha value is -2.64. The van der Waals surface area contributed by atoms with Gasteiger partial charge in [0, 0.05) is 18.3 Å². The van der Waals surface area contributed by atoms with Gasteiger partial charge in [0.2, 0.25) is 5.82 Å². The molecule has 0 aliphatic heterocycles. The van der Waals surface area contributed by atoms with E-state index in [0.29, 0.717) is 11.6 Å². The van der Waals surface area contributed by atoms with E-state index in [1.807, 2.05) is 0 Å². The van der Waals surface area contributed by atoms with Crippen LogP contribution >= 0.6 is 0 Å². The van der Waals surface area contributed by atoms with Gasteiger partial charge in [-0.2, -0.15) is 4.39 Å². The van der Waals surface area contributed by atoms with Gasteiger partial charge < -0.3 is 5.32 Å². The number of nitrogens with zero attached hydrogens (tertiary/aromatic N) is 2. The van der Waals surface area contributed by atoms with Crippen molar-refractivity contribution in [3.05, 3.63) is 63.7 Å². The molecule has 1 aromatic carbocycles. The van der Waals surface area contributed by atoms with Crippen LogP contribution in [0.25, 0.3) is 0 Å². The van der Waals surface area contributed by atoms with Crippen molar-refractivity contribution in [3.8, 4) is 0 Å². The van der Waals surface area contributed by atoms with Gasteiger partial charge >= 0.3 is 5.69 Å². The summed E-state index contributed by atoms with van der Waals surface area (Å²) in [5.74, 6) is -2.80. The molecule has 21 heavy (non-hydrogen) atoms. The van der Waals surface area contributed by atoms with Gasteiger partial charge in [-0.05, 0) is 18.6 Å². The van der Waals surface area contributed by atoms with Gasteiger partial charge in [-0.15, -0.1) is 0 Å². The number of anilines is 1. The van der Waals surface area contributed by atoms with Crippen molar-refractivity contribution in [2.24, 2.45) is 0 Å². The molecule has 1 atom stereocenters. The molecule has 0 bridgehead atoms. The highest BCUT2D eigenvalue weighted by Gasteiger charge is 2.19. The first kappa shape index (κ1) is 14.8. The number of halogens is 3. The maximum absolute atomic E-state index is 13.6. The summed E-state index contributed by atoms with van der Waals surface area (Å²) in [5, 5.41) is 13.3. The fraction of sp³-hybridized carbons (Fsp3) is 0.154. The fourth-order valence-electron chi connectivity index (χ4n) is 1.77. The summed E-state index contributed by atoms with van der Waals surface area (Å²) in [6, 6.07) is 1.80. The van der Waals surface area contributed by atoms with E-state index in [4.69, 9.17) is 0 Å². The molecule has 5 nitrogen and oxygen atoms in total. The van der Waals surface area contributed by atoms with Gasteiger partial charge in [-0.1, -0.05) is 0 Å². The van der Waals surface area contributed by atoms with E-state index in [-0.39, 0.29) is 5.69 Å². The van der Waals surface area contributed by atoms with Crippen LogP contribution in [0.5, 0.6) is 0 Å². The first-order valence-electron chi connectivity index (χ1n) is 5.89. The number of nitro benzene ring substituents is 1. The average molecular weight is 297 g/mol. The molecular formula is C13H10F3N3O2. The van der Waals surface area contributed by atoms with Gasteiger partial charge in [0.25, 0.3) is 0 Å². The second kappa shape index (κ2) is 5.78. The Balaban J connectivity index is 2.31. The molecule has 1 N–H and O–H groups in total. The summed E-state index contributed by atoms with van der Waals surface area (Å²) in [5.41, 5.74) is -0.676. The van der Waals surface area contributed by atoms with Gasteiger partial charge in [0.05, 0.1) is 22.8 Å².